The first kappa shape index (κ1) is 22.9. The topological polar surface area (TPSA) is 84.3 Å². The number of hydrogen-bond donors (Lipinski definition) is 2. The Kier molecular flexibility index (Phi) is 6.12. The molecule has 0 spiro atoms. The molecule has 1 saturated heterocycles. The van der Waals surface area contributed by atoms with Crippen LogP contribution in [0, 0.1) is 5.92 Å². The van der Waals surface area contributed by atoms with Crippen LogP contribution in [0.2, 0.25) is 5.02 Å². The number of aromatic nitrogens is 3. The van der Waals surface area contributed by atoms with Crippen molar-refractivity contribution >= 4 is 45.6 Å². The Morgan fingerprint density at radius 2 is 1.91 bits per heavy atom. The molecule has 2 N–H and O–H groups in total. The molecule has 0 bridgehead atoms. The monoisotopic (exact) mass is 482 g/mol. The summed E-state index contributed by atoms with van der Waals surface area (Å²) in [6.45, 7) is 7.73. The number of fused-ring (bicyclic) bond motifs is 1. The predicted octanol–water partition coefficient (Wildman–Crippen LogP) is 4.55. The lowest BCUT2D eigenvalue weighted by atomic mass is 10.1. The minimum atomic E-state index is -0.0313. The van der Waals surface area contributed by atoms with Crippen LogP contribution in [-0.4, -0.2) is 45.9 Å². The summed E-state index contributed by atoms with van der Waals surface area (Å²) in [7, 11) is 1.80. The molecule has 3 heterocycles. The number of aryl methyl sites for hydroxylation is 1. The lowest BCUT2D eigenvalue weighted by Gasteiger charge is -2.35. The quantitative estimate of drug-likeness (QED) is 0.533. The van der Waals surface area contributed by atoms with Crippen molar-refractivity contribution in [3.63, 3.8) is 0 Å². The molecule has 1 aliphatic carbocycles. The van der Waals surface area contributed by atoms with Gasteiger partial charge in [0.15, 0.2) is 5.82 Å². The first-order valence-electron chi connectivity index (χ1n) is 11.9. The predicted molar refractivity (Wildman–Crippen MR) is 138 cm³/mol. The zero-order valence-electron chi connectivity index (χ0n) is 20.0. The Balaban J connectivity index is 1.47. The second kappa shape index (κ2) is 9.07. The van der Waals surface area contributed by atoms with Crippen molar-refractivity contribution in [2.45, 2.75) is 51.9 Å². The largest absolute Gasteiger partial charge is 0.382 e. The number of hydrogen-bond acceptors (Lipinski definition) is 7. The highest BCUT2D eigenvalue weighted by molar-refractivity contribution is 6.32. The summed E-state index contributed by atoms with van der Waals surface area (Å²) < 4.78 is 7.50. The van der Waals surface area contributed by atoms with Crippen molar-refractivity contribution in [2.75, 3.05) is 28.6 Å². The maximum atomic E-state index is 12.5. The second-order valence-corrected chi connectivity index (χ2v) is 10.0. The van der Waals surface area contributed by atoms with Gasteiger partial charge in [-0.15, -0.1) is 0 Å². The zero-order valence-corrected chi connectivity index (χ0v) is 20.8. The van der Waals surface area contributed by atoms with E-state index < -0.39 is 0 Å². The average Bonchev–Trinajstić information content (AvgIpc) is 3.64. The maximum Gasteiger partial charge on any atom is 0.252 e. The molecule has 2 aliphatic rings. The molecule has 0 amide bonds. The van der Waals surface area contributed by atoms with Crippen LogP contribution >= 0.6 is 11.6 Å². The van der Waals surface area contributed by atoms with Gasteiger partial charge >= 0.3 is 0 Å². The molecule has 0 radical (unpaired) electrons. The van der Waals surface area contributed by atoms with Crippen molar-refractivity contribution in [1.82, 2.24) is 14.5 Å². The van der Waals surface area contributed by atoms with Gasteiger partial charge in [-0.05, 0) is 57.7 Å². The van der Waals surface area contributed by atoms with Crippen molar-refractivity contribution < 1.29 is 4.74 Å². The minimum absolute atomic E-state index is 0.0313. The zero-order chi connectivity index (χ0) is 24.0. The molecule has 1 saturated carbocycles. The Hall–Kier alpha value is -2.84. The summed E-state index contributed by atoms with van der Waals surface area (Å²) in [6.07, 6.45) is 4.32. The smallest absolute Gasteiger partial charge is 0.252 e. The minimum Gasteiger partial charge on any atom is -0.382 e. The third kappa shape index (κ3) is 4.70. The molecule has 0 unspecified atom stereocenters. The van der Waals surface area contributed by atoms with Crippen LogP contribution in [0.25, 0.3) is 10.9 Å². The van der Waals surface area contributed by atoms with E-state index in [2.05, 4.69) is 41.3 Å². The number of ether oxygens (including phenoxy) is 1. The van der Waals surface area contributed by atoms with Gasteiger partial charge in [-0.25, -0.2) is 4.98 Å². The fourth-order valence-corrected chi connectivity index (χ4v) is 4.83. The summed E-state index contributed by atoms with van der Waals surface area (Å²) in [4.78, 5) is 23.8. The number of rotatable bonds is 6. The van der Waals surface area contributed by atoms with Crippen LogP contribution < -0.4 is 21.1 Å². The number of nitrogens with one attached hydrogen (secondary N) is 2. The van der Waals surface area contributed by atoms with Crippen molar-refractivity contribution in [3.8, 4) is 0 Å². The molecule has 8 nitrogen and oxygen atoms in total. The van der Waals surface area contributed by atoms with Gasteiger partial charge in [-0.3, -0.25) is 4.79 Å². The molecule has 34 heavy (non-hydrogen) atoms. The number of morpholine rings is 1. The van der Waals surface area contributed by atoms with Crippen LogP contribution in [-0.2, 0) is 11.8 Å². The van der Waals surface area contributed by atoms with E-state index in [4.69, 9.17) is 21.3 Å². The van der Waals surface area contributed by atoms with Gasteiger partial charge in [-0.1, -0.05) is 11.6 Å². The Bertz CT molecular complexity index is 1260. The average molecular weight is 483 g/mol. The fourth-order valence-electron chi connectivity index (χ4n) is 4.69. The Labute approximate surface area is 204 Å². The lowest BCUT2D eigenvalue weighted by Crippen LogP contribution is -2.46. The Morgan fingerprint density at radius 1 is 1.18 bits per heavy atom. The molecular weight excluding hydrogens is 452 g/mol. The van der Waals surface area contributed by atoms with Crippen molar-refractivity contribution in [3.05, 3.63) is 45.8 Å². The summed E-state index contributed by atoms with van der Waals surface area (Å²) in [5, 5.41) is 8.34. The van der Waals surface area contributed by atoms with Gasteiger partial charge in [0, 0.05) is 49.0 Å². The van der Waals surface area contributed by atoms with Gasteiger partial charge in [0.1, 0.15) is 5.02 Å². The molecule has 2 fully saturated rings. The number of nitrogens with zero attached hydrogens (tertiary/aromatic N) is 4. The lowest BCUT2D eigenvalue weighted by molar-refractivity contribution is -0.00571. The maximum absolute atomic E-state index is 12.5. The number of halogens is 1. The van der Waals surface area contributed by atoms with E-state index in [0.717, 1.165) is 35.4 Å². The SMILES string of the molecule is C[C@@H]1CN(c2ncc(Cl)c(Nc3ccc4c(c3)c(N[C@H](C)C3CC3)cc(=O)n4C)n2)C[C@H](C)O1. The van der Waals surface area contributed by atoms with E-state index in [0.29, 0.717) is 28.7 Å². The van der Waals surface area contributed by atoms with Gasteiger partial charge in [0.25, 0.3) is 5.56 Å². The Morgan fingerprint density at radius 3 is 2.62 bits per heavy atom. The third-order valence-electron chi connectivity index (χ3n) is 6.66. The molecule has 1 aliphatic heterocycles. The van der Waals surface area contributed by atoms with Gasteiger partial charge in [0.05, 0.1) is 23.9 Å². The molecule has 3 aromatic rings. The highest BCUT2D eigenvalue weighted by Crippen LogP contribution is 2.35. The van der Waals surface area contributed by atoms with E-state index in [1.165, 1.54) is 12.8 Å². The summed E-state index contributed by atoms with van der Waals surface area (Å²) in [5.41, 5.74) is 2.53. The van der Waals surface area contributed by atoms with Crippen LogP contribution in [0.1, 0.15) is 33.6 Å². The molecule has 9 heteroatoms. The first-order chi connectivity index (χ1) is 16.3. The normalized spacial score (nSPS) is 21.5. The second-order valence-electron chi connectivity index (χ2n) is 9.61. The molecule has 2 aromatic heterocycles. The van der Waals surface area contributed by atoms with E-state index in [-0.39, 0.29) is 17.8 Å². The van der Waals surface area contributed by atoms with E-state index in [9.17, 15) is 4.79 Å². The summed E-state index contributed by atoms with van der Waals surface area (Å²) in [5.74, 6) is 1.84. The van der Waals surface area contributed by atoms with Crippen LogP contribution in [0.3, 0.4) is 0 Å². The van der Waals surface area contributed by atoms with E-state index in [1.54, 1.807) is 23.9 Å². The molecule has 1 aromatic carbocycles. The highest BCUT2D eigenvalue weighted by atomic mass is 35.5. The first-order valence-corrected chi connectivity index (χ1v) is 12.3. The van der Waals surface area contributed by atoms with E-state index in [1.807, 2.05) is 18.2 Å². The molecule has 5 rings (SSSR count). The van der Waals surface area contributed by atoms with Gasteiger partial charge in [-0.2, -0.15) is 4.98 Å². The summed E-state index contributed by atoms with van der Waals surface area (Å²) in [6, 6.07) is 7.93. The van der Waals surface area contributed by atoms with Crippen LogP contribution in [0.4, 0.5) is 23.1 Å². The molecular formula is C25H31ClN6O2. The number of anilines is 4. The van der Waals surface area contributed by atoms with Crippen LogP contribution in [0.15, 0.2) is 35.3 Å². The standard InChI is InChI=1S/C25H31ClN6O2/c1-14-12-32(13-15(2)34-14)25-27-11-20(26)24(30-25)29-18-7-8-22-19(9-18)21(10-23(33)31(22)4)28-16(3)17-5-6-17/h7-11,14-17,28H,5-6,12-13H2,1-4H3,(H,27,29,30)/t14-,15+,16-/m1/s1. The van der Waals surface area contributed by atoms with Gasteiger partial charge < -0.3 is 24.8 Å². The van der Waals surface area contributed by atoms with Crippen molar-refractivity contribution in [1.29, 1.82) is 0 Å². The van der Waals surface area contributed by atoms with E-state index >= 15 is 0 Å². The highest BCUT2D eigenvalue weighted by Gasteiger charge is 2.28. The van der Waals surface area contributed by atoms with Crippen molar-refractivity contribution in [2.24, 2.45) is 13.0 Å². The van der Waals surface area contributed by atoms with Gasteiger partial charge in [0.2, 0.25) is 5.95 Å². The number of pyridine rings is 1. The summed E-state index contributed by atoms with van der Waals surface area (Å²) >= 11 is 6.46. The fraction of sp³-hybridized carbons (Fsp3) is 0.480. The molecule has 180 valence electrons. The molecule has 3 atom stereocenters. The van der Waals surface area contributed by atoms with Crippen LogP contribution in [0.5, 0.6) is 0 Å². The third-order valence-corrected chi connectivity index (χ3v) is 6.93. The number of benzene rings is 1.